The lowest BCUT2D eigenvalue weighted by atomic mass is 10.1. The molecule has 1 amide bonds. The van der Waals surface area contributed by atoms with Gasteiger partial charge >= 0.3 is 6.09 Å². The number of nitrogens with zero attached hydrogens (tertiary/aromatic N) is 2. The maximum atomic E-state index is 11.8. The number of hydrogen-bond donors (Lipinski definition) is 1. The Balaban J connectivity index is 1.93. The average Bonchev–Trinajstić information content (AvgIpc) is 2.72. The largest absolute Gasteiger partial charge is 0.444 e. The van der Waals surface area contributed by atoms with Crippen LogP contribution in [0.1, 0.15) is 40.0 Å². The lowest BCUT2D eigenvalue weighted by Crippen LogP contribution is -2.30. The van der Waals surface area contributed by atoms with E-state index in [4.69, 9.17) is 4.74 Å². The molecule has 2 rings (SSSR count). The summed E-state index contributed by atoms with van der Waals surface area (Å²) in [5.41, 5.74) is 1.48. The summed E-state index contributed by atoms with van der Waals surface area (Å²) in [5.74, 6) is 0. The van der Waals surface area contributed by atoms with Gasteiger partial charge in [0.1, 0.15) is 5.60 Å². The van der Waals surface area contributed by atoms with Crippen molar-refractivity contribution in [1.82, 2.24) is 4.90 Å². The predicted molar refractivity (Wildman–Crippen MR) is 99.8 cm³/mol. The van der Waals surface area contributed by atoms with Crippen molar-refractivity contribution >= 4 is 17.5 Å². The van der Waals surface area contributed by atoms with Crippen LogP contribution in [-0.4, -0.2) is 49.8 Å². The van der Waals surface area contributed by atoms with E-state index in [1.165, 1.54) is 24.9 Å². The van der Waals surface area contributed by atoms with E-state index in [0.29, 0.717) is 6.04 Å². The van der Waals surface area contributed by atoms with Crippen molar-refractivity contribution in [1.29, 1.82) is 0 Å². The van der Waals surface area contributed by atoms with Gasteiger partial charge in [0.25, 0.3) is 0 Å². The highest BCUT2D eigenvalue weighted by atomic mass is 16.6. The minimum absolute atomic E-state index is 0.418. The van der Waals surface area contributed by atoms with E-state index >= 15 is 0 Å². The number of amides is 1. The Morgan fingerprint density at radius 1 is 1.17 bits per heavy atom. The fraction of sp³-hybridized carbons (Fsp3) is 0.632. The van der Waals surface area contributed by atoms with Crippen LogP contribution in [0.15, 0.2) is 24.3 Å². The highest BCUT2D eigenvalue weighted by Gasteiger charge is 2.19. The van der Waals surface area contributed by atoms with Crippen LogP contribution < -0.4 is 10.2 Å². The van der Waals surface area contributed by atoms with Gasteiger partial charge in [0.2, 0.25) is 0 Å². The van der Waals surface area contributed by atoms with E-state index < -0.39 is 11.7 Å². The molecule has 1 aromatic rings. The normalized spacial score (nSPS) is 19.1. The van der Waals surface area contributed by atoms with Gasteiger partial charge in [-0.25, -0.2) is 4.79 Å². The van der Waals surface area contributed by atoms with Gasteiger partial charge in [-0.05, 0) is 78.4 Å². The van der Waals surface area contributed by atoms with Crippen molar-refractivity contribution < 1.29 is 9.53 Å². The van der Waals surface area contributed by atoms with E-state index in [0.717, 1.165) is 18.8 Å². The van der Waals surface area contributed by atoms with Gasteiger partial charge < -0.3 is 14.5 Å². The second kappa shape index (κ2) is 7.88. The molecule has 1 saturated heterocycles. The molecule has 0 radical (unpaired) electrons. The Kier molecular flexibility index (Phi) is 6.10. The molecule has 24 heavy (non-hydrogen) atoms. The molecule has 0 saturated carbocycles. The van der Waals surface area contributed by atoms with E-state index in [2.05, 4.69) is 41.3 Å². The van der Waals surface area contributed by atoms with Crippen molar-refractivity contribution in [2.24, 2.45) is 0 Å². The highest BCUT2D eigenvalue weighted by molar-refractivity contribution is 5.85. The summed E-state index contributed by atoms with van der Waals surface area (Å²) in [6.45, 7) is 7.73. The molecule has 0 aliphatic carbocycles. The predicted octanol–water partition coefficient (Wildman–Crippen LogP) is 3.95. The summed E-state index contributed by atoms with van der Waals surface area (Å²) < 4.78 is 5.27. The lowest BCUT2D eigenvalue weighted by Gasteiger charge is -2.25. The molecule has 0 bridgehead atoms. The van der Waals surface area contributed by atoms with Crippen molar-refractivity contribution in [2.75, 3.05) is 37.4 Å². The molecule has 1 N–H and O–H groups in total. The van der Waals surface area contributed by atoms with Crippen LogP contribution in [0, 0.1) is 0 Å². The summed E-state index contributed by atoms with van der Waals surface area (Å²) in [5, 5.41) is 2.78. The van der Waals surface area contributed by atoms with Crippen LogP contribution in [0.4, 0.5) is 16.2 Å². The van der Waals surface area contributed by atoms with Crippen molar-refractivity contribution in [3.63, 3.8) is 0 Å². The number of carbonyl (C=O) groups excluding carboxylic acids is 1. The highest BCUT2D eigenvalue weighted by Crippen LogP contribution is 2.23. The number of rotatable bonds is 3. The third kappa shape index (κ3) is 5.71. The molecule has 1 aromatic carbocycles. The van der Waals surface area contributed by atoms with Gasteiger partial charge in [-0.15, -0.1) is 0 Å². The summed E-state index contributed by atoms with van der Waals surface area (Å²) in [6.07, 6.45) is 3.23. The van der Waals surface area contributed by atoms with Crippen molar-refractivity contribution in [3.8, 4) is 0 Å². The quantitative estimate of drug-likeness (QED) is 0.909. The molecule has 1 heterocycles. The number of ether oxygens (including phenoxy) is 1. The SMILES string of the molecule is CN(C)C1CCCN(c2ccc(NC(=O)OC(C)(C)C)cc2)CC1. The molecule has 1 fully saturated rings. The Morgan fingerprint density at radius 3 is 2.42 bits per heavy atom. The Morgan fingerprint density at radius 2 is 1.83 bits per heavy atom. The molecule has 0 aromatic heterocycles. The first-order valence-electron chi connectivity index (χ1n) is 8.76. The molecule has 0 spiro atoms. The van der Waals surface area contributed by atoms with Gasteiger partial charge in [0, 0.05) is 30.5 Å². The van der Waals surface area contributed by atoms with Crippen LogP contribution in [-0.2, 0) is 4.74 Å². The van der Waals surface area contributed by atoms with Crippen LogP contribution >= 0.6 is 0 Å². The molecule has 1 atom stereocenters. The Bertz CT molecular complexity index is 535. The number of benzene rings is 1. The monoisotopic (exact) mass is 333 g/mol. The number of carbonyl (C=O) groups is 1. The first-order chi connectivity index (χ1) is 11.2. The topological polar surface area (TPSA) is 44.8 Å². The molecule has 1 aliphatic heterocycles. The van der Waals surface area contributed by atoms with E-state index in [1.807, 2.05) is 32.9 Å². The van der Waals surface area contributed by atoms with Crippen molar-refractivity contribution in [2.45, 2.75) is 51.7 Å². The van der Waals surface area contributed by atoms with Gasteiger partial charge in [0.15, 0.2) is 0 Å². The zero-order valence-electron chi connectivity index (χ0n) is 15.6. The smallest absolute Gasteiger partial charge is 0.412 e. The fourth-order valence-electron chi connectivity index (χ4n) is 3.03. The minimum atomic E-state index is -0.487. The zero-order chi connectivity index (χ0) is 17.7. The van der Waals surface area contributed by atoms with Crippen LogP contribution in [0.3, 0.4) is 0 Å². The molecule has 5 heteroatoms. The molecule has 1 unspecified atom stereocenters. The number of nitrogens with one attached hydrogen (secondary N) is 1. The maximum absolute atomic E-state index is 11.8. The van der Waals surface area contributed by atoms with Gasteiger partial charge in [-0.2, -0.15) is 0 Å². The minimum Gasteiger partial charge on any atom is -0.444 e. The standard InChI is InChI=1S/C19H31N3O2/c1-19(2,3)24-18(23)20-15-8-10-17(11-9-15)22-13-6-7-16(12-14-22)21(4)5/h8-11,16H,6-7,12-14H2,1-5H3,(H,20,23). The van der Waals surface area contributed by atoms with Gasteiger partial charge in [0.05, 0.1) is 0 Å². The summed E-state index contributed by atoms with van der Waals surface area (Å²) in [7, 11) is 4.33. The molecular weight excluding hydrogens is 302 g/mol. The molecule has 134 valence electrons. The Labute approximate surface area is 146 Å². The average molecular weight is 333 g/mol. The lowest BCUT2D eigenvalue weighted by molar-refractivity contribution is 0.0636. The second-order valence-corrected chi connectivity index (χ2v) is 7.71. The second-order valence-electron chi connectivity index (χ2n) is 7.71. The summed E-state index contributed by atoms with van der Waals surface area (Å²) in [6, 6.07) is 8.69. The van der Waals surface area contributed by atoms with Crippen LogP contribution in [0.5, 0.6) is 0 Å². The molecule has 5 nitrogen and oxygen atoms in total. The first-order valence-corrected chi connectivity index (χ1v) is 8.76. The van der Waals surface area contributed by atoms with Gasteiger partial charge in [-0.3, -0.25) is 5.32 Å². The molecule has 1 aliphatic rings. The summed E-state index contributed by atoms with van der Waals surface area (Å²) >= 11 is 0. The van der Waals surface area contributed by atoms with Crippen LogP contribution in [0.2, 0.25) is 0 Å². The summed E-state index contributed by atoms with van der Waals surface area (Å²) in [4.78, 5) is 16.6. The van der Waals surface area contributed by atoms with E-state index in [-0.39, 0.29) is 0 Å². The number of hydrogen-bond acceptors (Lipinski definition) is 4. The first kappa shape index (κ1) is 18.6. The fourth-order valence-corrected chi connectivity index (χ4v) is 3.03. The number of anilines is 2. The zero-order valence-corrected chi connectivity index (χ0v) is 15.6. The van der Waals surface area contributed by atoms with E-state index in [1.54, 1.807) is 0 Å². The van der Waals surface area contributed by atoms with Crippen molar-refractivity contribution in [3.05, 3.63) is 24.3 Å². The Hall–Kier alpha value is -1.75. The maximum Gasteiger partial charge on any atom is 0.412 e. The third-order valence-corrected chi connectivity index (χ3v) is 4.31. The molecular formula is C19H31N3O2. The third-order valence-electron chi connectivity index (χ3n) is 4.31. The van der Waals surface area contributed by atoms with E-state index in [9.17, 15) is 4.79 Å². The van der Waals surface area contributed by atoms with Gasteiger partial charge in [-0.1, -0.05) is 0 Å². The van der Waals surface area contributed by atoms with Crippen LogP contribution in [0.25, 0.3) is 0 Å².